The highest BCUT2D eigenvalue weighted by Gasteiger charge is 2.26. The number of nitrogens with one attached hydrogen (secondary N) is 3. The second-order valence-corrected chi connectivity index (χ2v) is 14.3. The number of hydrogen-bond donors (Lipinski definition) is 5. The van der Waals surface area contributed by atoms with Gasteiger partial charge in [0.05, 0.1) is 54.1 Å². The van der Waals surface area contributed by atoms with Gasteiger partial charge in [-0.2, -0.15) is 19.6 Å². The zero-order valence-electron chi connectivity index (χ0n) is 27.0. The van der Waals surface area contributed by atoms with Crippen LogP contribution in [-0.2, 0) is 14.6 Å². The molecule has 0 radical (unpaired) electrons. The summed E-state index contributed by atoms with van der Waals surface area (Å²) in [4.78, 5) is 23.9. The largest absolute Gasteiger partial charge is 0.495 e. The van der Waals surface area contributed by atoms with Gasteiger partial charge in [0, 0.05) is 25.7 Å². The summed E-state index contributed by atoms with van der Waals surface area (Å²) in [5, 5.41) is 31.5. The average molecular weight is 667 g/mol. The number of likely N-dealkylation sites (tertiary alicyclic amines) is 1. The molecule has 1 saturated heterocycles. The van der Waals surface area contributed by atoms with Gasteiger partial charge >= 0.3 is 0 Å². The molecule has 47 heavy (non-hydrogen) atoms. The quantitative estimate of drug-likeness (QED) is 0.141. The van der Waals surface area contributed by atoms with E-state index < -0.39 is 21.2 Å². The Morgan fingerprint density at radius 3 is 2.53 bits per heavy atom. The number of amides is 1. The third-order valence-electron chi connectivity index (χ3n) is 8.31. The smallest absolute Gasteiger partial charge is 0.236 e. The van der Waals surface area contributed by atoms with Gasteiger partial charge in [0.2, 0.25) is 17.8 Å². The first-order valence-corrected chi connectivity index (χ1v) is 17.1. The van der Waals surface area contributed by atoms with Gasteiger partial charge < -0.3 is 35.8 Å². The Bertz CT molecular complexity index is 1820. The molecule has 0 spiro atoms. The van der Waals surface area contributed by atoms with Crippen LogP contribution in [0.1, 0.15) is 43.7 Å². The van der Waals surface area contributed by atoms with Gasteiger partial charge in [-0.05, 0) is 74.9 Å². The molecule has 2 aromatic heterocycles. The summed E-state index contributed by atoms with van der Waals surface area (Å²) >= 11 is 0. The minimum Gasteiger partial charge on any atom is -0.495 e. The van der Waals surface area contributed by atoms with Crippen molar-refractivity contribution in [1.82, 2.24) is 29.8 Å². The molecular weight excluding hydrogens is 624 g/mol. The molecule has 14 nitrogen and oxygen atoms in total. The van der Waals surface area contributed by atoms with Crippen molar-refractivity contribution in [2.75, 3.05) is 50.5 Å². The number of sulfone groups is 1. The zero-order valence-corrected chi connectivity index (χ0v) is 27.8. The van der Waals surface area contributed by atoms with Gasteiger partial charge in [0.15, 0.2) is 15.5 Å². The van der Waals surface area contributed by atoms with Gasteiger partial charge in [0.1, 0.15) is 5.75 Å². The Kier molecular flexibility index (Phi) is 10.6. The molecule has 3 heterocycles. The summed E-state index contributed by atoms with van der Waals surface area (Å²) in [6, 6.07) is 12.4. The molecule has 0 saturated carbocycles. The number of piperidine rings is 1. The second-order valence-electron chi connectivity index (χ2n) is 11.8. The summed E-state index contributed by atoms with van der Waals surface area (Å²) in [6.07, 6.45) is 2.30. The summed E-state index contributed by atoms with van der Waals surface area (Å²) < 4.78 is 33.4. The molecule has 1 fully saturated rings. The number of aliphatic hydroxyl groups excluding tert-OH is 2. The van der Waals surface area contributed by atoms with E-state index >= 15 is 0 Å². The van der Waals surface area contributed by atoms with Crippen molar-refractivity contribution in [2.45, 2.75) is 55.8 Å². The van der Waals surface area contributed by atoms with Crippen molar-refractivity contribution in [3.8, 4) is 5.75 Å². The topological polar surface area (TPSA) is 183 Å². The monoisotopic (exact) mass is 666 g/mol. The van der Waals surface area contributed by atoms with Crippen LogP contribution in [0.25, 0.3) is 5.65 Å². The molecule has 15 heteroatoms. The molecule has 5 rings (SSSR count). The van der Waals surface area contributed by atoms with Crippen molar-refractivity contribution in [3.05, 3.63) is 59.8 Å². The Labute approximate surface area is 274 Å². The van der Waals surface area contributed by atoms with Crippen LogP contribution in [0.4, 0.5) is 23.3 Å². The van der Waals surface area contributed by atoms with Crippen LogP contribution in [-0.4, -0.2) is 100 Å². The predicted octanol–water partition coefficient (Wildman–Crippen LogP) is 2.76. The van der Waals surface area contributed by atoms with Crippen LogP contribution >= 0.6 is 0 Å². The molecule has 1 atom stereocenters. The Hall–Kier alpha value is -4.31. The Balaban J connectivity index is 1.34. The van der Waals surface area contributed by atoms with Gasteiger partial charge in [-0.1, -0.05) is 12.1 Å². The molecule has 4 aromatic rings. The van der Waals surface area contributed by atoms with E-state index in [1.807, 2.05) is 24.0 Å². The van der Waals surface area contributed by atoms with Crippen LogP contribution in [0, 0.1) is 6.92 Å². The average Bonchev–Trinajstić information content (AvgIpc) is 3.54. The lowest BCUT2D eigenvalue weighted by atomic mass is 9.86. The number of hydrogen-bond acceptors (Lipinski definition) is 12. The number of aromatic nitrogens is 4. The molecular formula is C32H42N8O6S. The number of carbonyl (C=O) groups is 1. The van der Waals surface area contributed by atoms with Crippen molar-refractivity contribution in [3.63, 3.8) is 0 Å². The van der Waals surface area contributed by atoms with Crippen molar-refractivity contribution >= 4 is 44.7 Å². The number of aliphatic hydroxyl groups is 2. The number of ether oxygens (including phenoxy) is 1. The lowest BCUT2D eigenvalue weighted by Gasteiger charge is -2.33. The van der Waals surface area contributed by atoms with Crippen LogP contribution in [0.3, 0.4) is 0 Å². The lowest BCUT2D eigenvalue weighted by molar-refractivity contribution is -0.131. The predicted molar refractivity (Wildman–Crippen MR) is 178 cm³/mol. The second kappa shape index (κ2) is 14.6. The number of rotatable bonds is 13. The number of carbonyl (C=O) groups excluding carboxylic acids is 1. The summed E-state index contributed by atoms with van der Waals surface area (Å²) in [7, 11) is -1.98. The molecule has 1 aliphatic heterocycles. The molecule has 0 aliphatic carbocycles. The van der Waals surface area contributed by atoms with E-state index in [1.54, 1.807) is 57.5 Å². The van der Waals surface area contributed by atoms with Crippen molar-refractivity contribution in [2.24, 2.45) is 0 Å². The highest BCUT2D eigenvalue weighted by atomic mass is 32.2. The fourth-order valence-corrected chi connectivity index (χ4v) is 6.85. The fourth-order valence-electron chi connectivity index (χ4n) is 5.65. The maximum Gasteiger partial charge on any atom is 0.236 e. The molecule has 252 valence electrons. The summed E-state index contributed by atoms with van der Waals surface area (Å²) in [5.41, 5.74) is 3.73. The first-order valence-electron chi connectivity index (χ1n) is 15.6. The van der Waals surface area contributed by atoms with Crippen molar-refractivity contribution in [1.29, 1.82) is 0 Å². The Morgan fingerprint density at radius 2 is 1.83 bits per heavy atom. The molecule has 0 unspecified atom stereocenters. The summed E-state index contributed by atoms with van der Waals surface area (Å²) in [5.74, 6) is 1.36. The number of fused-ring (bicyclic) bond motifs is 1. The van der Waals surface area contributed by atoms with Crippen LogP contribution in [0.2, 0.25) is 0 Å². The van der Waals surface area contributed by atoms with E-state index in [2.05, 4.69) is 31.0 Å². The fraction of sp³-hybridized carbons (Fsp3) is 0.438. The number of anilines is 4. The first-order chi connectivity index (χ1) is 22.5. The van der Waals surface area contributed by atoms with Gasteiger partial charge in [-0.25, -0.2) is 8.42 Å². The molecule has 0 bridgehead atoms. The van der Waals surface area contributed by atoms with E-state index in [0.717, 1.165) is 24.0 Å². The van der Waals surface area contributed by atoms with E-state index in [9.17, 15) is 18.3 Å². The Morgan fingerprint density at radius 1 is 1.09 bits per heavy atom. The molecule has 1 aliphatic rings. The number of para-hydroxylation sites is 1. The van der Waals surface area contributed by atoms with Crippen LogP contribution < -0.4 is 20.7 Å². The minimum atomic E-state index is -3.57. The summed E-state index contributed by atoms with van der Waals surface area (Å²) in [6.45, 7) is 6.48. The van der Waals surface area contributed by atoms with Gasteiger partial charge in [-0.3, -0.25) is 4.79 Å². The third-order valence-corrected chi connectivity index (χ3v) is 10.5. The number of nitrogens with zero attached hydrogens (tertiary/aromatic N) is 5. The normalized spacial score (nSPS) is 14.8. The van der Waals surface area contributed by atoms with Crippen LogP contribution in [0.5, 0.6) is 5.75 Å². The van der Waals surface area contributed by atoms with E-state index in [4.69, 9.17) is 9.84 Å². The minimum absolute atomic E-state index is 0.0310. The van der Waals surface area contributed by atoms with E-state index in [-0.39, 0.29) is 48.3 Å². The van der Waals surface area contributed by atoms with Crippen molar-refractivity contribution < 1.29 is 28.2 Å². The van der Waals surface area contributed by atoms with E-state index in [0.29, 0.717) is 35.9 Å². The zero-order chi connectivity index (χ0) is 33.7. The molecule has 1 amide bonds. The molecule has 5 N–H and O–H groups in total. The number of aryl methyl sites for hydroxylation is 1. The maximum absolute atomic E-state index is 13.1. The number of benzene rings is 2. The van der Waals surface area contributed by atoms with Gasteiger partial charge in [-0.15, -0.1) is 0 Å². The highest BCUT2D eigenvalue weighted by molar-refractivity contribution is 7.92. The maximum atomic E-state index is 13.1. The van der Waals surface area contributed by atoms with E-state index in [1.165, 1.54) is 4.52 Å². The lowest BCUT2D eigenvalue weighted by Crippen LogP contribution is -2.44. The van der Waals surface area contributed by atoms with Crippen LogP contribution in [0.15, 0.2) is 53.6 Å². The standard InChI is InChI=1S/C32H42N8O6S/c1-20(2)47(44,45)28-8-6-5-7-25(28)36-32-38-31(37-29-9-12-34-40(29)32)35-26-15-21(3)24(16-27(26)46-4)22-10-13-39(14-11-22)30(43)18-33-17-23(42)19-41/h5-9,12,15-16,20,22-23,33,41-42H,10-11,13-14,17-19H2,1-4H3,(H2,35,36,37,38)/t23-/m1/s1. The highest BCUT2D eigenvalue weighted by Crippen LogP contribution is 2.37. The molecule has 2 aromatic carbocycles. The first kappa shape index (κ1) is 34.0. The van der Waals surface area contributed by atoms with Gasteiger partial charge in [0.25, 0.3) is 0 Å². The number of methoxy groups -OCH3 is 1. The third kappa shape index (κ3) is 7.64. The SMILES string of the molecule is COc1cc(C2CCN(C(=O)CNC[C@@H](O)CO)CC2)c(C)cc1Nc1nc(Nc2ccccc2S(=O)(=O)C(C)C)n2nccc2n1.